The Hall–Kier alpha value is -0.190. The second-order valence-corrected chi connectivity index (χ2v) is 2.58. The van der Waals surface area contributed by atoms with Gasteiger partial charge in [0.05, 0.1) is 11.9 Å². The van der Waals surface area contributed by atoms with Crippen molar-refractivity contribution in [3.05, 3.63) is 0 Å². The minimum atomic E-state index is -1.43. The Morgan fingerprint density at radius 2 is 1.92 bits per heavy atom. The number of Topliss-reactive ketones (excluding diaryl/α,β-unsaturated/α-hetero) is 2. The van der Waals surface area contributed by atoms with Crippen LogP contribution in [0, 0.1) is 5.92 Å². The van der Waals surface area contributed by atoms with Crippen LogP contribution in [0.2, 0.25) is 0 Å². The number of hydrogen-bond donors (Lipinski definition) is 0. The molecule has 12 heavy (non-hydrogen) atoms. The maximum absolute atomic E-state index is 10.8. The zero-order chi connectivity index (χ0) is 8.43. The van der Waals surface area contributed by atoms with E-state index in [0.29, 0.717) is 0 Å². The van der Waals surface area contributed by atoms with Crippen LogP contribution in [0.15, 0.2) is 0 Å². The SMILES string of the molecule is O=C1CCC(=O)C(C(=O)[O-])C1.[Na+]. The van der Waals surface area contributed by atoms with Gasteiger partial charge in [-0.05, 0) is 0 Å². The molecule has 0 aliphatic heterocycles. The fourth-order valence-corrected chi connectivity index (χ4v) is 1.10. The van der Waals surface area contributed by atoms with Crippen molar-refractivity contribution in [1.29, 1.82) is 0 Å². The molecule has 1 atom stereocenters. The van der Waals surface area contributed by atoms with Crippen LogP contribution in [0.25, 0.3) is 0 Å². The molecule has 4 nitrogen and oxygen atoms in total. The van der Waals surface area contributed by atoms with Crippen molar-refractivity contribution in [3.63, 3.8) is 0 Å². The smallest absolute Gasteiger partial charge is 0.549 e. The number of aliphatic carboxylic acids is 1. The van der Waals surface area contributed by atoms with E-state index < -0.39 is 11.9 Å². The van der Waals surface area contributed by atoms with Crippen molar-refractivity contribution in [2.45, 2.75) is 19.3 Å². The first-order valence-electron chi connectivity index (χ1n) is 3.36. The topological polar surface area (TPSA) is 74.3 Å². The van der Waals surface area contributed by atoms with Gasteiger partial charge in [-0.2, -0.15) is 0 Å². The van der Waals surface area contributed by atoms with E-state index in [2.05, 4.69) is 0 Å². The average molecular weight is 178 g/mol. The molecule has 0 heterocycles. The van der Waals surface area contributed by atoms with Crippen LogP contribution in [-0.2, 0) is 14.4 Å². The summed E-state index contributed by atoms with van der Waals surface area (Å²) in [6, 6.07) is 0. The Balaban J connectivity index is 0.00000121. The maximum Gasteiger partial charge on any atom is 1.00 e. The van der Waals surface area contributed by atoms with E-state index in [1.165, 1.54) is 0 Å². The number of carboxylic acid groups (broad SMARTS) is 1. The van der Waals surface area contributed by atoms with Gasteiger partial charge >= 0.3 is 29.6 Å². The van der Waals surface area contributed by atoms with Gasteiger partial charge in [0.1, 0.15) is 11.6 Å². The summed E-state index contributed by atoms with van der Waals surface area (Å²) in [5.41, 5.74) is 0. The summed E-state index contributed by atoms with van der Waals surface area (Å²) in [5.74, 6) is -3.16. The van der Waals surface area contributed by atoms with Crippen LogP contribution >= 0.6 is 0 Å². The predicted molar refractivity (Wildman–Crippen MR) is 32.4 cm³/mol. The molecule has 0 aromatic heterocycles. The molecule has 0 spiro atoms. The molecule has 0 aromatic carbocycles. The molecule has 1 unspecified atom stereocenters. The molecule has 0 aromatic rings. The molecular formula is C7H7NaO4. The summed E-state index contributed by atoms with van der Waals surface area (Å²) >= 11 is 0. The normalized spacial score (nSPS) is 23.2. The van der Waals surface area contributed by atoms with Crippen LogP contribution in [0.5, 0.6) is 0 Å². The first-order chi connectivity index (χ1) is 5.11. The van der Waals surface area contributed by atoms with E-state index in [1.807, 2.05) is 0 Å². The molecule has 1 aliphatic carbocycles. The van der Waals surface area contributed by atoms with E-state index in [1.54, 1.807) is 0 Å². The second kappa shape index (κ2) is 4.74. The van der Waals surface area contributed by atoms with Crippen LogP contribution in [0.3, 0.4) is 0 Å². The molecule has 5 heteroatoms. The minimum absolute atomic E-state index is 0. The van der Waals surface area contributed by atoms with E-state index >= 15 is 0 Å². The van der Waals surface area contributed by atoms with Crippen molar-refractivity contribution in [3.8, 4) is 0 Å². The molecule has 0 radical (unpaired) electrons. The Morgan fingerprint density at radius 1 is 1.33 bits per heavy atom. The quantitative estimate of drug-likeness (QED) is 0.300. The molecule has 60 valence electrons. The average Bonchev–Trinajstić information content (AvgIpc) is 1.94. The minimum Gasteiger partial charge on any atom is -0.549 e. The van der Waals surface area contributed by atoms with Crippen LogP contribution in [0.1, 0.15) is 19.3 Å². The van der Waals surface area contributed by atoms with Gasteiger partial charge in [0.25, 0.3) is 0 Å². The number of rotatable bonds is 1. The molecule has 0 bridgehead atoms. The van der Waals surface area contributed by atoms with Gasteiger partial charge in [-0.3, -0.25) is 9.59 Å². The summed E-state index contributed by atoms with van der Waals surface area (Å²) in [6.07, 6.45) is 0.0568. The number of ketones is 2. The third-order valence-electron chi connectivity index (χ3n) is 1.76. The summed E-state index contributed by atoms with van der Waals surface area (Å²) in [5, 5.41) is 10.2. The van der Waals surface area contributed by atoms with Crippen molar-refractivity contribution < 1.29 is 49.0 Å². The van der Waals surface area contributed by atoms with Gasteiger partial charge in [0.15, 0.2) is 0 Å². The Bertz CT molecular complexity index is 223. The molecule has 1 rings (SSSR count). The van der Waals surface area contributed by atoms with Crippen molar-refractivity contribution in [2.75, 3.05) is 0 Å². The Labute approximate surface area is 91.6 Å². The first kappa shape index (κ1) is 11.8. The summed E-state index contributed by atoms with van der Waals surface area (Å²) in [6.45, 7) is 0. The third-order valence-corrected chi connectivity index (χ3v) is 1.76. The van der Waals surface area contributed by atoms with Crippen molar-refractivity contribution in [1.82, 2.24) is 0 Å². The zero-order valence-corrected chi connectivity index (χ0v) is 8.83. The largest absolute Gasteiger partial charge is 1.00 e. The van der Waals surface area contributed by atoms with Gasteiger partial charge < -0.3 is 9.90 Å². The van der Waals surface area contributed by atoms with Gasteiger partial charge in [-0.25, -0.2) is 0 Å². The molecule has 1 aliphatic rings. The molecule has 0 saturated heterocycles. The van der Waals surface area contributed by atoms with Gasteiger partial charge in [0.2, 0.25) is 0 Å². The molecule has 1 fully saturated rings. The van der Waals surface area contributed by atoms with Gasteiger partial charge in [-0.1, -0.05) is 0 Å². The third kappa shape index (κ3) is 2.69. The summed E-state index contributed by atoms with van der Waals surface area (Å²) < 4.78 is 0. The summed E-state index contributed by atoms with van der Waals surface area (Å²) in [4.78, 5) is 31.7. The molecule has 0 N–H and O–H groups in total. The van der Waals surface area contributed by atoms with Crippen molar-refractivity contribution >= 4 is 17.5 Å². The fourth-order valence-electron chi connectivity index (χ4n) is 1.10. The van der Waals surface area contributed by atoms with E-state index in [-0.39, 0.29) is 60.4 Å². The van der Waals surface area contributed by atoms with Crippen LogP contribution < -0.4 is 34.7 Å². The monoisotopic (exact) mass is 178 g/mol. The standard InChI is InChI=1S/C7H8O4.Na/c8-4-1-2-6(9)5(3-4)7(10)11;/h5H,1-3H2,(H,10,11);/q;+1/p-1. The van der Waals surface area contributed by atoms with E-state index in [4.69, 9.17) is 0 Å². The number of carbonyl (C=O) groups is 3. The number of hydrogen-bond acceptors (Lipinski definition) is 4. The van der Waals surface area contributed by atoms with E-state index in [0.717, 1.165) is 0 Å². The van der Waals surface area contributed by atoms with E-state index in [9.17, 15) is 19.5 Å². The van der Waals surface area contributed by atoms with Crippen LogP contribution in [0.4, 0.5) is 0 Å². The van der Waals surface area contributed by atoms with Gasteiger partial charge in [-0.15, -0.1) is 0 Å². The predicted octanol–water partition coefficient (Wildman–Crippen LogP) is -4.32. The number of carbonyl (C=O) groups excluding carboxylic acids is 3. The summed E-state index contributed by atoms with van der Waals surface area (Å²) in [7, 11) is 0. The molecule has 1 saturated carbocycles. The molecular weight excluding hydrogens is 171 g/mol. The Morgan fingerprint density at radius 3 is 2.33 bits per heavy atom. The fraction of sp³-hybridized carbons (Fsp3) is 0.571. The van der Waals surface area contributed by atoms with Crippen molar-refractivity contribution in [2.24, 2.45) is 5.92 Å². The zero-order valence-electron chi connectivity index (χ0n) is 6.83. The van der Waals surface area contributed by atoms with Crippen LogP contribution in [-0.4, -0.2) is 17.5 Å². The Kier molecular flexibility index (Phi) is 4.67. The second-order valence-electron chi connectivity index (χ2n) is 2.58. The van der Waals surface area contributed by atoms with Gasteiger partial charge in [0, 0.05) is 19.3 Å². The first-order valence-corrected chi connectivity index (χ1v) is 3.36. The molecule has 0 amide bonds. The number of carboxylic acids is 1. The maximum atomic E-state index is 10.8.